The first kappa shape index (κ1) is 14.8. The highest BCUT2D eigenvalue weighted by atomic mass is 16.4. The van der Waals surface area contributed by atoms with Crippen LogP contribution in [0.4, 0.5) is 4.79 Å². The van der Waals surface area contributed by atoms with Gasteiger partial charge in [-0.05, 0) is 12.0 Å². The van der Waals surface area contributed by atoms with Gasteiger partial charge in [0.25, 0.3) is 0 Å². The van der Waals surface area contributed by atoms with Crippen molar-refractivity contribution in [1.29, 1.82) is 0 Å². The predicted octanol–water partition coefficient (Wildman–Crippen LogP) is 1.40. The van der Waals surface area contributed by atoms with Gasteiger partial charge in [0.2, 0.25) is 0 Å². The van der Waals surface area contributed by atoms with Crippen molar-refractivity contribution >= 4 is 11.9 Å². The van der Waals surface area contributed by atoms with Crippen LogP contribution in [0.1, 0.15) is 25.3 Å². The van der Waals surface area contributed by atoms with Crippen molar-refractivity contribution in [2.45, 2.75) is 32.4 Å². The number of amidine groups is 1. The van der Waals surface area contributed by atoms with Crippen LogP contribution < -0.4 is 16.4 Å². The molecule has 0 bridgehead atoms. The van der Waals surface area contributed by atoms with Crippen molar-refractivity contribution in [1.82, 2.24) is 10.6 Å². The zero-order valence-electron chi connectivity index (χ0n) is 11.0. The number of hydrogen-bond donors (Lipinski definition) is 4. The Hall–Kier alpha value is -2.24. The molecule has 1 aromatic rings. The summed E-state index contributed by atoms with van der Waals surface area (Å²) < 4.78 is 0. The van der Waals surface area contributed by atoms with E-state index in [1.807, 2.05) is 37.3 Å². The highest BCUT2D eigenvalue weighted by Gasteiger charge is 2.11. The molecule has 104 valence electrons. The molecule has 6 nitrogen and oxygen atoms in total. The van der Waals surface area contributed by atoms with E-state index in [2.05, 4.69) is 15.8 Å². The van der Waals surface area contributed by atoms with Gasteiger partial charge < -0.3 is 21.6 Å². The van der Waals surface area contributed by atoms with E-state index >= 15 is 0 Å². The van der Waals surface area contributed by atoms with Crippen LogP contribution >= 0.6 is 0 Å². The van der Waals surface area contributed by atoms with Crippen molar-refractivity contribution in [2.24, 2.45) is 10.9 Å². The highest BCUT2D eigenvalue weighted by molar-refractivity contribution is 5.81. The van der Waals surface area contributed by atoms with Crippen molar-refractivity contribution in [3.63, 3.8) is 0 Å². The normalized spacial score (nSPS) is 12.8. The van der Waals surface area contributed by atoms with E-state index < -0.39 is 0 Å². The Morgan fingerprint density at radius 1 is 1.42 bits per heavy atom. The van der Waals surface area contributed by atoms with Gasteiger partial charge in [0.1, 0.15) is 5.84 Å². The minimum absolute atomic E-state index is 0.107. The maximum atomic E-state index is 11.7. The van der Waals surface area contributed by atoms with Gasteiger partial charge in [-0.1, -0.05) is 42.4 Å². The summed E-state index contributed by atoms with van der Waals surface area (Å²) in [4.78, 5) is 11.7. The first-order valence-electron chi connectivity index (χ1n) is 6.20. The fourth-order valence-corrected chi connectivity index (χ4v) is 1.61. The molecule has 5 N–H and O–H groups in total. The van der Waals surface area contributed by atoms with Gasteiger partial charge in [-0.3, -0.25) is 0 Å². The Bertz CT molecular complexity index is 420. The SMILES string of the molecule is CCC(C/C(N)=N/O)NC(=O)NCc1ccccc1. The third-order valence-electron chi connectivity index (χ3n) is 2.71. The number of oxime groups is 1. The third-order valence-corrected chi connectivity index (χ3v) is 2.71. The quantitative estimate of drug-likeness (QED) is 0.270. The lowest BCUT2D eigenvalue weighted by atomic mass is 10.1. The van der Waals surface area contributed by atoms with Crippen LogP contribution in [-0.2, 0) is 6.54 Å². The molecular weight excluding hydrogens is 244 g/mol. The number of urea groups is 1. The van der Waals surface area contributed by atoms with E-state index in [1.165, 1.54) is 0 Å². The number of amides is 2. The predicted molar refractivity (Wildman–Crippen MR) is 73.9 cm³/mol. The smallest absolute Gasteiger partial charge is 0.315 e. The van der Waals surface area contributed by atoms with Gasteiger partial charge in [0.15, 0.2) is 0 Å². The van der Waals surface area contributed by atoms with Crippen LogP contribution in [-0.4, -0.2) is 23.1 Å². The van der Waals surface area contributed by atoms with Gasteiger partial charge in [-0.15, -0.1) is 0 Å². The van der Waals surface area contributed by atoms with Crippen molar-refractivity contribution in [2.75, 3.05) is 0 Å². The second-order valence-electron chi connectivity index (χ2n) is 4.21. The Morgan fingerprint density at radius 3 is 2.68 bits per heavy atom. The number of nitrogens with two attached hydrogens (primary N) is 1. The van der Waals surface area contributed by atoms with Crippen LogP contribution in [0.2, 0.25) is 0 Å². The first-order valence-corrected chi connectivity index (χ1v) is 6.20. The van der Waals surface area contributed by atoms with E-state index in [-0.39, 0.29) is 17.9 Å². The molecule has 0 heterocycles. The number of carbonyl (C=O) groups is 1. The van der Waals surface area contributed by atoms with Crippen LogP contribution in [0.25, 0.3) is 0 Å². The molecule has 0 aliphatic carbocycles. The molecule has 19 heavy (non-hydrogen) atoms. The highest BCUT2D eigenvalue weighted by Crippen LogP contribution is 1.99. The molecular formula is C13H20N4O2. The fourth-order valence-electron chi connectivity index (χ4n) is 1.61. The fraction of sp³-hybridized carbons (Fsp3) is 0.385. The summed E-state index contributed by atoms with van der Waals surface area (Å²) in [6, 6.07) is 9.23. The minimum Gasteiger partial charge on any atom is -0.409 e. The summed E-state index contributed by atoms with van der Waals surface area (Å²) in [5.41, 5.74) is 6.45. The third kappa shape index (κ3) is 5.76. The topological polar surface area (TPSA) is 99.7 Å². The lowest BCUT2D eigenvalue weighted by molar-refractivity contribution is 0.236. The summed E-state index contributed by atoms with van der Waals surface area (Å²) in [6.07, 6.45) is 1.03. The summed E-state index contributed by atoms with van der Waals surface area (Å²) in [5.74, 6) is 0.107. The monoisotopic (exact) mass is 264 g/mol. The molecule has 0 aromatic heterocycles. The molecule has 0 radical (unpaired) electrons. The number of nitrogens with one attached hydrogen (secondary N) is 2. The van der Waals surface area contributed by atoms with Crippen molar-refractivity contribution in [3.8, 4) is 0 Å². The molecule has 1 rings (SSSR count). The average Bonchev–Trinajstić information content (AvgIpc) is 2.45. The Kier molecular flexibility index (Phi) is 6.21. The summed E-state index contributed by atoms with van der Waals surface area (Å²) >= 11 is 0. The molecule has 0 spiro atoms. The molecule has 0 aliphatic heterocycles. The van der Waals surface area contributed by atoms with E-state index in [0.717, 1.165) is 5.56 Å². The standard InChI is InChI=1S/C13H20N4O2/c1-2-11(8-12(14)17-19)16-13(18)15-9-10-6-4-3-5-7-10/h3-7,11,19H,2,8-9H2,1H3,(H2,14,17)(H2,15,16,18). The number of rotatable bonds is 6. The second-order valence-corrected chi connectivity index (χ2v) is 4.21. The maximum Gasteiger partial charge on any atom is 0.315 e. The molecule has 1 unspecified atom stereocenters. The van der Waals surface area contributed by atoms with E-state index in [4.69, 9.17) is 10.9 Å². The molecule has 0 aliphatic rings. The Balaban J connectivity index is 2.37. The van der Waals surface area contributed by atoms with Crippen molar-refractivity contribution in [3.05, 3.63) is 35.9 Å². The van der Waals surface area contributed by atoms with Gasteiger partial charge in [0, 0.05) is 19.0 Å². The van der Waals surface area contributed by atoms with Gasteiger partial charge in [0.05, 0.1) is 0 Å². The molecule has 2 amide bonds. The second kappa shape index (κ2) is 7.97. The summed E-state index contributed by atoms with van der Waals surface area (Å²) in [5, 5.41) is 16.9. The number of benzene rings is 1. The Morgan fingerprint density at radius 2 is 2.11 bits per heavy atom. The summed E-state index contributed by atoms with van der Waals surface area (Å²) in [7, 11) is 0. The van der Waals surface area contributed by atoms with Crippen LogP contribution in [0.3, 0.4) is 0 Å². The van der Waals surface area contributed by atoms with Crippen LogP contribution in [0, 0.1) is 0 Å². The van der Waals surface area contributed by atoms with Gasteiger partial charge in [-0.2, -0.15) is 0 Å². The molecule has 6 heteroatoms. The molecule has 1 aromatic carbocycles. The molecule has 1 atom stereocenters. The summed E-state index contributed by atoms with van der Waals surface area (Å²) in [6.45, 7) is 2.39. The number of carbonyl (C=O) groups excluding carboxylic acids is 1. The molecule has 0 saturated carbocycles. The lowest BCUT2D eigenvalue weighted by Crippen LogP contribution is -2.43. The minimum atomic E-state index is -0.263. The number of nitrogens with zero attached hydrogens (tertiary/aromatic N) is 1. The maximum absolute atomic E-state index is 11.7. The first-order chi connectivity index (χ1) is 9.15. The van der Waals surface area contributed by atoms with Crippen LogP contribution in [0.15, 0.2) is 35.5 Å². The van der Waals surface area contributed by atoms with E-state index in [1.54, 1.807) is 0 Å². The van der Waals surface area contributed by atoms with Gasteiger partial charge in [-0.25, -0.2) is 4.79 Å². The zero-order chi connectivity index (χ0) is 14.1. The Labute approximate surface area is 112 Å². The largest absolute Gasteiger partial charge is 0.409 e. The lowest BCUT2D eigenvalue weighted by Gasteiger charge is -2.16. The van der Waals surface area contributed by atoms with E-state index in [9.17, 15) is 4.79 Å². The van der Waals surface area contributed by atoms with Gasteiger partial charge >= 0.3 is 6.03 Å². The molecule has 0 fully saturated rings. The average molecular weight is 264 g/mol. The van der Waals surface area contributed by atoms with E-state index in [0.29, 0.717) is 19.4 Å². The van der Waals surface area contributed by atoms with Crippen LogP contribution in [0.5, 0.6) is 0 Å². The molecule has 0 saturated heterocycles. The van der Waals surface area contributed by atoms with Crippen molar-refractivity contribution < 1.29 is 10.0 Å². The zero-order valence-corrected chi connectivity index (χ0v) is 11.0. The number of hydrogen-bond acceptors (Lipinski definition) is 3.